The van der Waals surface area contributed by atoms with Gasteiger partial charge in [-0.3, -0.25) is 0 Å². The molecule has 1 heterocycles. The molecular formula is C12H14FN3. The van der Waals surface area contributed by atoms with Crippen LogP contribution in [0, 0.1) is 12.7 Å². The minimum atomic E-state index is -0.212. The van der Waals surface area contributed by atoms with Gasteiger partial charge in [-0.2, -0.15) is 0 Å². The summed E-state index contributed by atoms with van der Waals surface area (Å²) < 4.78 is 14.7. The van der Waals surface area contributed by atoms with Crippen LogP contribution in [0.15, 0.2) is 36.7 Å². The summed E-state index contributed by atoms with van der Waals surface area (Å²) in [6.07, 6.45) is 3.73. The topological polar surface area (TPSA) is 29.9 Å². The van der Waals surface area contributed by atoms with Gasteiger partial charge in [-0.1, -0.05) is 0 Å². The molecule has 0 radical (unpaired) electrons. The molecule has 0 amide bonds. The normalized spacial score (nSPS) is 10.4. The number of hydrogen-bond donors (Lipinski definition) is 1. The van der Waals surface area contributed by atoms with E-state index in [2.05, 4.69) is 14.9 Å². The van der Waals surface area contributed by atoms with Crippen LogP contribution in [-0.2, 0) is 6.54 Å². The molecule has 1 aromatic heterocycles. The highest BCUT2D eigenvalue weighted by Gasteiger charge is 1.96. The molecule has 0 bridgehead atoms. The van der Waals surface area contributed by atoms with Gasteiger partial charge in [0, 0.05) is 31.2 Å². The Morgan fingerprint density at radius 1 is 1.31 bits per heavy atom. The Kier molecular flexibility index (Phi) is 3.19. The first kappa shape index (κ1) is 10.7. The van der Waals surface area contributed by atoms with E-state index in [4.69, 9.17) is 0 Å². The maximum Gasteiger partial charge on any atom is 0.123 e. The lowest BCUT2D eigenvalue weighted by atomic mass is 10.3. The van der Waals surface area contributed by atoms with Crippen molar-refractivity contribution in [2.24, 2.45) is 0 Å². The van der Waals surface area contributed by atoms with Crippen molar-refractivity contribution in [1.82, 2.24) is 9.55 Å². The average molecular weight is 219 g/mol. The van der Waals surface area contributed by atoms with E-state index < -0.39 is 0 Å². The van der Waals surface area contributed by atoms with Crippen molar-refractivity contribution < 1.29 is 4.39 Å². The lowest BCUT2D eigenvalue weighted by Crippen LogP contribution is -2.10. The lowest BCUT2D eigenvalue weighted by Gasteiger charge is -2.08. The Morgan fingerprint density at radius 2 is 2.06 bits per heavy atom. The maximum absolute atomic E-state index is 12.6. The van der Waals surface area contributed by atoms with E-state index in [1.165, 1.54) is 12.1 Å². The van der Waals surface area contributed by atoms with Crippen LogP contribution in [0.4, 0.5) is 10.1 Å². The van der Waals surface area contributed by atoms with Crippen LogP contribution in [0.5, 0.6) is 0 Å². The van der Waals surface area contributed by atoms with Crippen LogP contribution in [0.25, 0.3) is 0 Å². The van der Waals surface area contributed by atoms with Crippen molar-refractivity contribution in [3.63, 3.8) is 0 Å². The van der Waals surface area contributed by atoms with Crippen molar-refractivity contribution in [2.45, 2.75) is 13.5 Å². The van der Waals surface area contributed by atoms with Crippen LogP contribution in [-0.4, -0.2) is 16.1 Å². The Balaban J connectivity index is 1.84. The number of halogens is 1. The number of rotatable bonds is 4. The second-order valence-corrected chi connectivity index (χ2v) is 3.60. The third-order valence-corrected chi connectivity index (χ3v) is 2.45. The molecule has 0 aliphatic rings. The van der Waals surface area contributed by atoms with Gasteiger partial charge < -0.3 is 9.88 Å². The van der Waals surface area contributed by atoms with Crippen LogP contribution in [0.2, 0.25) is 0 Å². The monoisotopic (exact) mass is 219 g/mol. The summed E-state index contributed by atoms with van der Waals surface area (Å²) in [7, 11) is 0. The van der Waals surface area contributed by atoms with Crippen LogP contribution < -0.4 is 5.32 Å². The number of aryl methyl sites for hydroxylation is 1. The number of nitrogens with one attached hydrogen (secondary N) is 1. The summed E-state index contributed by atoms with van der Waals surface area (Å²) in [6, 6.07) is 6.36. The van der Waals surface area contributed by atoms with Gasteiger partial charge in [-0.15, -0.1) is 0 Å². The molecular weight excluding hydrogens is 205 g/mol. The van der Waals surface area contributed by atoms with Gasteiger partial charge in [0.2, 0.25) is 0 Å². The van der Waals surface area contributed by atoms with Crippen molar-refractivity contribution in [3.8, 4) is 0 Å². The van der Waals surface area contributed by atoms with E-state index in [0.717, 1.165) is 24.6 Å². The highest BCUT2D eigenvalue weighted by molar-refractivity contribution is 5.42. The SMILES string of the molecule is Cc1nccn1CCNc1ccc(F)cc1. The van der Waals surface area contributed by atoms with Gasteiger partial charge in [0.15, 0.2) is 0 Å². The summed E-state index contributed by atoms with van der Waals surface area (Å²) in [4.78, 5) is 4.14. The van der Waals surface area contributed by atoms with Crippen molar-refractivity contribution in [3.05, 3.63) is 48.3 Å². The first-order valence-corrected chi connectivity index (χ1v) is 5.23. The third kappa shape index (κ3) is 2.59. The summed E-state index contributed by atoms with van der Waals surface area (Å²) in [5.41, 5.74) is 0.930. The fraction of sp³-hybridized carbons (Fsp3) is 0.250. The summed E-state index contributed by atoms with van der Waals surface area (Å²) in [6.45, 7) is 3.62. The molecule has 2 rings (SSSR count). The summed E-state index contributed by atoms with van der Waals surface area (Å²) in [5, 5.41) is 3.22. The minimum absolute atomic E-state index is 0.212. The average Bonchev–Trinajstić information content (AvgIpc) is 2.68. The Bertz CT molecular complexity index is 448. The van der Waals surface area contributed by atoms with E-state index in [0.29, 0.717) is 0 Å². The summed E-state index contributed by atoms with van der Waals surface area (Å²) in [5.74, 6) is 0.789. The second kappa shape index (κ2) is 4.79. The number of nitrogens with zero attached hydrogens (tertiary/aromatic N) is 2. The molecule has 3 nitrogen and oxygen atoms in total. The van der Waals surface area contributed by atoms with E-state index in [-0.39, 0.29) is 5.82 Å². The molecule has 16 heavy (non-hydrogen) atoms. The largest absolute Gasteiger partial charge is 0.383 e. The Hall–Kier alpha value is -1.84. The number of imidazole rings is 1. The molecule has 0 saturated heterocycles. The number of anilines is 1. The van der Waals surface area contributed by atoms with Gasteiger partial charge in [0.05, 0.1) is 0 Å². The number of hydrogen-bond acceptors (Lipinski definition) is 2. The van der Waals surface area contributed by atoms with E-state index in [1.807, 2.05) is 13.1 Å². The molecule has 0 aliphatic carbocycles. The zero-order chi connectivity index (χ0) is 11.4. The van der Waals surface area contributed by atoms with E-state index in [9.17, 15) is 4.39 Å². The van der Waals surface area contributed by atoms with Gasteiger partial charge in [0.25, 0.3) is 0 Å². The zero-order valence-electron chi connectivity index (χ0n) is 9.15. The molecule has 0 unspecified atom stereocenters. The molecule has 0 aliphatic heterocycles. The molecule has 0 fully saturated rings. The smallest absolute Gasteiger partial charge is 0.123 e. The first-order chi connectivity index (χ1) is 7.75. The van der Waals surface area contributed by atoms with Gasteiger partial charge >= 0.3 is 0 Å². The van der Waals surface area contributed by atoms with Crippen molar-refractivity contribution >= 4 is 5.69 Å². The lowest BCUT2D eigenvalue weighted by molar-refractivity contribution is 0.628. The molecule has 84 valence electrons. The molecule has 4 heteroatoms. The van der Waals surface area contributed by atoms with Crippen LogP contribution >= 0.6 is 0 Å². The molecule has 2 aromatic rings. The maximum atomic E-state index is 12.6. The molecule has 1 aromatic carbocycles. The molecule has 0 spiro atoms. The number of benzene rings is 1. The van der Waals surface area contributed by atoms with Crippen molar-refractivity contribution in [2.75, 3.05) is 11.9 Å². The van der Waals surface area contributed by atoms with Crippen molar-refractivity contribution in [1.29, 1.82) is 0 Å². The second-order valence-electron chi connectivity index (χ2n) is 3.60. The van der Waals surface area contributed by atoms with Gasteiger partial charge in [-0.25, -0.2) is 9.37 Å². The first-order valence-electron chi connectivity index (χ1n) is 5.23. The molecule has 0 saturated carbocycles. The molecule has 1 N–H and O–H groups in total. The van der Waals surface area contributed by atoms with Crippen LogP contribution in [0.3, 0.4) is 0 Å². The fourth-order valence-corrected chi connectivity index (χ4v) is 1.53. The highest BCUT2D eigenvalue weighted by atomic mass is 19.1. The fourth-order valence-electron chi connectivity index (χ4n) is 1.53. The zero-order valence-corrected chi connectivity index (χ0v) is 9.15. The highest BCUT2D eigenvalue weighted by Crippen LogP contribution is 2.07. The quantitative estimate of drug-likeness (QED) is 0.856. The predicted octanol–water partition coefficient (Wildman–Crippen LogP) is 2.44. The third-order valence-electron chi connectivity index (χ3n) is 2.45. The summed E-state index contributed by atoms with van der Waals surface area (Å²) >= 11 is 0. The van der Waals surface area contributed by atoms with E-state index >= 15 is 0 Å². The predicted molar refractivity (Wildman–Crippen MR) is 61.9 cm³/mol. The number of aromatic nitrogens is 2. The minimum Gasteiger partial charge on any atom is -0.383 e. The Labute approximate surface area is 93.9 Å². The Morgan fingerprint density at radius 3 is 2.69 bits per heavy atom. The van der Waals surface area contributed by atoms with E-state index in [1.54, 1.807) is 18.3 Å². The van der Waals surface area contributed by atoms with Crippen LogP contribution in [0.1, 0.15) is 5.82 Å². The van der Waals surface area contributed by atoms with Gasteiger partial charge in [0.1, 0.15) is 11.6 Å². The van der Waals surface area contributed by atoms with Gasteiger partial charge in [-0.05, 0) is 31.2 Å². The molecule has 0 atom stereocenters. The standard InChI is InChI=1S/C12H14FN3/c1-10-14-6-8-16(10)9-7-15-12-4-2-11(13)3-5-12/h2-6,8,15H,7,9H2,1H3.